The third-order valence-corrected chi connectivity index (χ3v) is 2.98. The third kappa shape index (κ3) is 5.40. The SMILES string of the molecule is CC(NC(=O)CC(O)C(C)C)C(=O)Nc1ccccc1. The normalized spacial score (nSPS) is 13.7. The number of benzene rings is 1. The summed E-state index contributed by atoms with van der Waals surface area (Å²) in [7, 11) is 0. The maximum Gasteiger partial charge on any atom is 0.246 e. The van der Waals surface area contributed by atoms with Crippen LogP contribution < -0.4 is 10.6 Å². The molecular weight excluding hydrogens is 256 g/mol. The number of hydrogen-bond acceptors (Lipinski definition) is 3. The second kappa shape index (κ2) is 7.65. The Morgan fingerprint density at radius 2 is 1.75 bits per heavy atom. The van der Waals surface area contributed by atoms with E-state index >= 15 is 0 Å². The lowest BCUT2D eigenvalue weighted by molar-refractivity contribution is -0.127. The molecule has 1 aromatic rings. The highest BCUT2D eigenvalue weighted by molar-refractivity contribution is 5.96. The summed E-state index contributed by atoms with van der Waals surface area (Å²) < 4.78 is 0. The Labute approximate surface area is 119 Å². The van der Waals surface area contributed by atoms with Crippen molar-refractivity contribution in [3.8, 4) is 0 Å². The molecule has 0 aromatic heterocycles. The lowest BCUT2D eigenvalue weighted by Gasteiger charge is -2.17. The van der Waals surface area contributed by atoms with Crippen LogP contribution in [-0.4, -0.2) is 29.1 Å². The average molecular weight is 278 g/mol. The number of para-hydroxylation sites is 1. The fraction of sp³-hybridized carbons (Fsp3) is 0.467. The van der Waals surface area contributed by atoms with Crippen LogP contribution in [0.5, 0.6) is 0 Å². The van der Waals surface area contributed by atoms with Gasteiger partial charge in [-0.15, -0.1) is 0 Å². The summed E-state index contributed by atoms with van der Waals surface area (Å²) in [5.41, 5.74) is 0.681. The summed E-state index contributed by atoms with van der Waals surface area (Å²) >= 11 is 0. The zero-order chi connectivity index (χ0) is 15.1. The van der Waals surface area contributed by atoms with Crippen molar-refractivity contribution in [1.82, 2.24) is 5.32 Å². The first-order chi connectivity index (χ1) is 9.40. The highest BCUT2D eigenvalue weighted by Gasteiger charge is 2.19. The zero-order valence-corrected chi connectivity index (χ0v) is 12.1. The minimum atomic E-state index is -0.695. The van der Waals surface area contributed by atoms with Gasteiger partial charge < -0.3 is 15.7 Å². The molecule has 0 aliphatic heterocycles. The fourth-order valence-corrected chi connectivity index (χ4v) is 1.56. The van der Waals surface area contributed by atoms with Crippen molar-refractivity contribution in [2.75, 3.05) is 5.32 Å². The van der Waals surface area contributed by atoms with Gasteiger partial charge in [-0.1, -0.05) is 32.0 Å². The number of rotatable bonds is 6. The Balaban J connectivity index is 2.44. The van der Waals surface area contributed by atoms with Gasteiger partial charge in [-0.25, -0.2) is 0 Å². The van der Waals surface area contributed by atoms with Gasteiger partial charge >= 0.3 is 0 Å². The summed E-state index contributed by atoms with van der Waals surface area (Å²) in [5.74, 6) is -0.611. The van der Waals surface area contributed by atoms with Crippen LogP contribution in [0.4, 0.5) is 5.69 Å². The van der Waals surface area contributed by atoms with Crippen LogP contribution in [0.3, 0.4) is 0 Å². The van der Waals surface area contributed by atoms with Crippen LogP contribution in [0.1, 0.15) is 27.2 Å². The van der Waals surface area contributed by atoms with E-state index in [1.165, 1.54) is 0 Å². The number of nitrogens with one attached hydrogen (secondary N) is 2. The summed E-state index contributed by atoms with van der Waals surface area (Å²) in [5, 5.41) is 14.9. The first-order valence-electron chi connectivity index (χ1n) is 6.73. The van der Waals surface area contributed by atoms with Crippen LogP contribution in [0.2, 0.25) is 0 Å². The molecule has 1 rings (SSSR count). The Bertz CT molecular complexity index is 446. The molecule has 0 aliphatic carbocycles. The molecule has 5 heteroatoms. The molecule has 2 atom stereocenters. The molecule has 20 heavy (non-hydrogen) atoms. The Kier molecular flexibility index (Phi) is 6.18. The smallest absolute Gasteiger partial charge is 0.246 e. The van der Waals surface area contributed by atoms with Crippen molar-refractivity contribution in [3.63, 3.8) is 0 Å². The number of hydrogen-bond donors (Lipinski definition) is 3. The van der Waals surface area contributed by atoms with Gasteiger partial charge in [0.05, 0.1) is 12.5 Å². The van der Waals surface area contributed by atoms with Crippen molar-refractivity contribution in [3.05, 3.63) is 30.3 Å². The van der Waals surface area contributed by atoms with Gasteiger partial charge in [-0.2, -0.15) is 0 Å². The van der Waals surface area contributed by atoms with Crippen molar-refractivity contribution in [2.24, 2.45) is 5.92 Å². The van der Waals surface area contributed by atoms with E-state index in [2.05, 4.69) is 10.6 Å². The minimum absolute atomic E-state index is 0.000619. The van der Waals surface area contributed by atoms with Gasteiger partial charge in [0.25, 0.3) is 0 Å². The highest BCUT2D eigenvalue weighted by atomic mass is 16.3. The molecule has 2 amide bonds. The van der Waals surface area contributed by atoms with Crippen molar-refractivity contribution in [2.45, 2.75) is 39.3 Å². The summed E-state index contributed by atoms with van der Waals surface area (Å²) in [4.78, 5) is 23.6. The predicted molar refractivity (Wildman–Crippen MR) is 78.1 cm³/mol. The second-order valence-corrected chi connectivity index (χ2v) is 5.16. The lowest BCUT2D eigenvalue weighted by Crippen LogP contribution is -2.42. The van der Waals surface area contributed by atoms with Gasteiger partial charge in [-0.3, -0.25) is 9.59 Å². The maximum atomic E-state index is 11.9. The lowest BCUT2D eigenvalue weighted by atomic mass is 10.0. The predicted octanol–water partition coefficient (Wildman–Crippen LogP) is 1.54. The molecular formula is C15H22N2O3. The zero-order valence-electron chi connectivity index (χ0n) is 12.1. The van der Waals surface area contributed by atoms with Gasteiger partial charge in [0.2, 0.25) is 11.8 Å². The summed E-state index contributed by atoms with van der Waals surface area (Å²) in [6.45, 7) is 5.28. The van der Waals surface area contributed by atoms with E-state index in [0.29, 0.717) is 5.69 Å². The van der Waals surface area contributed by atoms with Gasteiger partial charge in [0.1, 0.15) is 6.04 Å². The van der Waals surface area contributed by atoms with E-state index < -0.39 is 12.1 Å². The third-order valence-electron chi connectivity index (χ3n) is 2.98. The Morgan fingerprint density at radius 1 is 1.15 bits per heavy atom. The van der Waals surface area contributed by atoms with E-state index in [-0.39, 0.29) is 24.2 Å². The molecule has 0 aliphatic rings. The summed E-state index contributed by atoms with van der Waals surface area (Å²) in [6.07, 6.45) is -0.694. The molecule has 0 heterocycles. The fourth-order valence-electron chi connectivity index (χ4n) is 1.56. The molecule has 3 N–H and O–H groups in total. The van der Waals surface area contributed by atoms with E-state index in [1.54, 1.807) is 19.1 Å². The quantitative estimate of drug-likeness (QED) is 0.738. The van der Waals surface area contributed by atoms with Crippen molar-refractivity contribution < 1.29 is 14.7 Å². The van der Waals surface area contributed by atoms with E-state index in [4.69, 9.17) is 0 Å². The van der Waals surface area contributed by atoms with Crippen LogP contribution in [0.15, 0.2) is 30.3 Å². The molecule has 0 saturated heterocycles. The molecule has 0 saturated carbocycles. The van der Waals surface area contributed by atoms with Gasteiger partial charge in [0.15, 0.2) is 0 Å². The van der Waals surface area contributed by atoms with Gasteiger partial charge in [0, 0.05) is 5.69 Å². The topological polar surface area (TPSA) is 78.4 Å². The number of carbonyl (C=O) groups excluding carboxylic acids is 2. The van der Waals surface area contributed by atoms with Crippen molar-refractivity contribution in [1.29, 1.82) is 0 Å². The number of aliphatic hydroxyl groups excluding tert-OH is 1. The highest BCUT2D eigenvalue weighted by Crippen LogP contribution is 2.07. The molecule has 0 spiro atoms. The standard InChI is InChI=1S/C15H22N2O3/c1-10(2)13(18)9-14(19)16-11(3)15(20)17-12-7-5-4-6-8-12/h4-8,10-11,13,18H,9H2,1-3H3,(H,16,19)(H,17,20). The van der Waals surface area contributed by atoms with E-state index in [1.807, 2.05) is 32.0 Å². The first-order valence-corrected chi connectivity index (χ1v) is 6.73. The van der Waals surface area contributed by atoms with E-state index in [0.717, 1.165) is 0 Å². The molecule has 1 aromatic carbocycles. The number of amides is 2. The van der Waals surface area contributed by atoms with Crippen LogP contribution in [0.25, 0.3) is 0 Å². The first kappa shape index (κ1) is 16.2. The molecule has 0 radical (unpaired) electrons. The molecule has 0 bridgehead atoms. The van der Waals surface area contributed by atoms with Gasteiger partial charge in [-0.05, 0) is 25.0 Å². The maximum absolute atomic E-state index is 11.9. The summed E-state index contributed by atoms with van der Waals surface area (Å²) in [6, 6.07) is 8.38. The molecule has 110 valence electrons. The van der Waals surface area contributed by atoms with Crippen molar-refractivity contribution >= 4 is 17.5 Å². The molecule has 0 fully saturated rings. The van der Waals surface area contributed by atoms with Crippen LogP contribution in [-0.2, 0) is 9.59 Å². The van der Waals surface area contributed by atoms with E-state index in [9.17, 15) is 14.7 Å². The Hall–Kier alpha value is -1.88. The number of aliphatic hydroxyl groups is 1. The minimum Gasteiger partial charge on any atom is -0.392 e. The largest absolute Gasteiger partial charge is 0.392 e. The average Bonchev–Trinajstić information content (AvgIpc) is 2.39. The molecule has 5 nitrogen and oxygen atoms in total. The van der Waals surface area contributed by atoms with Crippen LogP contribution in [0, 0.1) is 5.92 Å². The second-order valence-electron chi connectivity index (χ2n) is 5.16. The Morgan fingerprint density at radius 3 is 2.30 bits per heavy atom. The number of anilines is 1. The number of carbonyl (C=O) groups is 2. The monoisotopic (exact) mass is 278 g/mol. The molecule has 2 unspecified atom stereocenters. The van der Waals surface area contributed by atoms with Crippen LogP contribution >= 0.6 is 0 Å².